The molecule has 0 heterocycles. The molecule has 1 unspecified atom stereocenters. The van der Waals surface area contributed by atoms with E-state index in [1.807, 2.05) is 37.3 Å². The van der Waals surface area contributed by atoms with E-state index in [9.17, 15) is 15.3 Å². The standard InChI is InChI=1S/C17H21NO3/c1-12(16-10-15(20)7-8-17(16)21)18-14(11-19)9-13-5-3-2-4-6-13/h2-8,10,12,14,18-21H,9,11H2,1H3/t12?,14-/m0/s1. The van der Waals surface area contributed by atoms with E-state index in [0.29, 0.717) is 12.0 Å². The molecule has 2 aromatic rings. The molecule has 112 valence electrons. The summed E-state index contributed by atoms with van der Waals surface area (Å²) in [5.41, 5.74) is 1.75. The molecule has 0 aliphatic carbocycles. The molecule has 0 amide bonds. The van der Waals surface area contributed by atoms with E-state index < -0.39 is 0 Å². The van der Waals surface area contributed by atoms with Gasteiger partial charge >= 0.3 is 0 Å². The van der Waals surface area contributed by atoms with Gasteiger partial charge < -0.3 is 20.6 Å². The van der Waals surface area contributed by atoms with Crippen molar-refractivity contribution in [1.29, 1.82) is 0 Å². The van der Waals surface area contributed by atoms with Crippen LogP contribution in [0.25, 0.3) is 0 Å². The van der Waals surface area contributed by atoms with Crippen molar-refractivity contribution in [3.05, 3.63) is 59.7 Å². The van der Waals surface area contributed by atoms with Crippen LogP contribution in [0.15, 0.2) is 48.5 Å². The predicted molar refractivity (Wildman–Crippen MR) is 82.3 cm³/mol. The fraction of sp³-hybridized carbons (Fsp3) is 0.294. The maximum absolute atomic E-state index is 9.87. The Kier molecular flexibility index (Phi) is 5.20. The van der Waals surface area contributed by atoms with E-state index in [4.69, 9.17) is 0 Å². The van der Waals surface area contributed by atoms with Gasteiger partial charge in [-0.05, 0) is 37.1 Å². The highest BCUT2D eigenvalue weighted by Gasteiger charge is 2.16. The first-order valence-corrected chi connectivity index (χ1v) is 7.03. The lowest BCUT2D eigenvalue weighted by Gasteiger charge is -2.23. The van der Waals surface area contributed by atoms with Crippen molar-refractivity contribution in [1.82, 2.24) is 5.32 Å². The fourth-order valence-corrected chi connectivity index (χ4v) is 2.41. The molecule has 2 rings (SSSR count). The maximum Gasteiger partial charge on any atom is 0.120 e. The van der Waals surface area contributed by atoms with Crippen LogP contribution in [0.3, 0.4) is 0 Å². The number of phenolic OH excluding ortho intramolecular Hbond substituents is 2. The largest absolute Gasteiger partial charge is 0.508 e. The molecule has 2 aromatic carbocycles. The van der Waals surface area contributed by atoms with Crippen molar-refractivity contribution < 1.29 is 15.3 Å². The molecule has 0 fully saturated rings. The molecule has 2 atom stereocenters. The highest BCUT2D eigenvalue weighted by atomic mass is 16.3. The summed E-state index contributed by atoms with van der Waals surface area (Å²) in [6.45, 7) is 1.89. The third-order valence-corrected chi connectivity index (χ3v) is 3.51. The van der Waals surface area contributed by atoms with Gasteiger partial charge in [-0.3, -0.25) is 0 Å². The number of hydrogen-bond donors (Lipinski definition) is 4. The second kappa shape index (κ2) is 7.11. The van der Waals surface area contributed by atoms with Gasteiger partial charge in [0, 0.05) is 17.6 Å². The van der Waals surface area contributed by atoms with Crippen LogP contribution in [0.2, 0.25) is 0 Å². The molecule has 4 N–H and O–H groups in total. The van der Waals surface area contributed by atoms with Crippen LogP contribution < -0.4 is 5.32 Å². The summed E-state index contributed by atoms with van der Waals surface area (Å²) in [7, 11) is 0. The zero-order chi connectivity index (χ0) is 15.2. The van der Waals surface area contributed by atoms with Crippen molar-refractivity contribution >= 4 is 0 Å². The molecular weight excluding hydrogens is 266 g/mol. The van der Waals surface area contributed by atoms with E-state index >= 15 is 0 Å². The summed E-state index contributed by atoms with van der Waals surface area (Å²) in [5.74, 6) is 0.240. The van der Waals surface area contributed by atoms with E-state index in [2.05, 4.69) is 5.32 Å². The fourth-order valence-electron chi connectivity index (χ4n) is 2.41. The van der Waals surface area contributed by atoms with E-state index in [1.54, 1.807) is 0 Å². The summed E-state index contributed by atoms with van der Waals surface area (Å²) in [6, 6.07) is 14.1. The molecule has 0 spiro atoms. The lowest BCUT2D eigenvalue weighted by atomic mass is 10.0. The Morgan fingerprint density at radius 2 is 1.76 bits per heavy atom. The molecule has 0 saturated heterocycles. The lowest BCUT2D eigenvalue weighted by molar-refractivity contribution is 0.232. The normalized spacial score (nSPS) is 13.8. The zero-order valence-electron chi connectivity index (χ0n) is 12.0. The Hall–Kier alpha value is -2.04. The number of aliphatic hydroxyl groups is 1. The topological polar surface area (TPSA) is 72.7 Å². The first kappa shape index (κ1) is 15.4. The molecule has 0 aromatic heterocycles. The van der Waals surface area contributed by atoms with Crippen molar-refractivity contribution in [2.45, 2.75) is 25.4 Å². The Bertz CT molecular complexity index is 572. The monoisotopic (exact) mass is 287 g/mol. The highest BCUT2D eigenvalue weighted by Crippen LogP contribution is 2.28. The highest BCUT2D eigenvalue weighted by molar-refractivity contribution is 5.40. The number of nitrogens with one attached hydrogen (secondary N) is 1. The van der Waals surface area contributed by atoms with Gasteiger partial charge in [0.2, 0.25) is 0 Å². The van der Waals surface area contributed by atoms with Crippen molar-refractivity contribution in [3.8, 4) is 11.5 Å². The van der Waals surface area contributed by atoms with Crippen LogP contribution in [0, 0.1) is 0 Å². The summed E-state index contributed by atoms with van der Waals surface area (Å²) in [5, 5.41) is 32.2. The second-order valence-electron chi connectivity index (χ2n) is 5.20. The average molecular weight is 287 g/mol. The second-order valence-corrected chi connectivity index (χ2v) is 5.20. The van der Waals surface area contributed by atoms with Gasteiger partial charge in [0.15, 0.2) is 0 Å². The van der Waals surface area contributed by atoms with Crippen molar-refractivity contribution in [2.24, 2.45) is 0 Å². The maximum atomic E-state index is 9.87. The molecule has 0 aliphatic heterocycles. The Morgan fingerprint density at radius 3 is 2.43 bits per heavy atom. The van der Waals surface area contributed by atoms with Crippen LogP contribution in [0.5, 0.6) is 11.5 Å². The summed E-state index contributed by atoms with van der Waals surface area (Å²) in [6.07, 6.45) is 0.696. The molecule has 0 aliphatic rings. The number of phenols is 2. The number of hydrogen-bond acceptors (Lipinski definition) is 4. The third-order valence-electron chi connectivity index (χ3n) is 3.51. The summed E-state index contributed by atoms with van der Waals surface area (Å²) >= 11 is 0. The smallest absolute Gasteiger partial charge is 0.120 e. The van der Waals surface area contributed by atoms with Crippen LogP contribution in [0.4, 0.5) is 0 Å². The molecule has 0 radical (unpaired) electrons. The van der Waals surface area contributed by atoms with Gasteiger partial charge in [-0.25, -0.2) is 0 Å². The molecule has 4 nitrogen and oxygen atoms in total. The van der Waals surface area contributed by atoms with Crippen molar-refractivity contribution in [2.75, 3.05) is 6.61 Å². The predicted octanol–water partition coefficient (Wildman–Crippen LogP) is 2.35. The zero-order valence-corrected chi connectivity index (χ0v) is 12.0. The van der Waals surface area contributed by atoms with Crippen LogP contribution in [0.1, 0.15) is 24.1 Å². The van der Waals surface area contributed by atoms with Gasteiger partial charge in [0.25, 0.3) is 0 Å². The van der Waals surface area contributed by atoms with Crippen LogP contribution >= 0.6 is 0 Å². The van der Waals surface area contributed by atoms with Gasteiger partial charge in [-0.2, -0.15) is 0 Å². The Morgan fingerprint density at radius 1 is 1.05 bits per heavy atom. The Balaban J connectivity index is 2.05. The Labute approximate surface area is 124 Å². The van der Waals surface area contributed by atoms with E-state index in [-0.39, 0.29) is 30.2 Å². The van der Waals surface area contributed by atoms with E-state index in [0.717, 1.165) is 5.56 Å². The molecule has 4 heteroatoms. The number of benzene rings is 2. The van der Waals surface area contributed by atoms with Gasteiger partial charge in [0.05, 0.1) is 6.61 Å². The number of aliphatic hydroxyl groups excluding tert-OH is 1. The minimum Gasteiger partial charge on any atom is -0.508 e. The summed E-state index contributed by atoms with van der Waals surface area (Å²) in [4.78, 5) is 0. The number of aromatic hydroxyl groups is 2. The third kappa shape index (κ3) is 4.21. The lowest BCUT2D eigenvalue weighted by Crippen LogP contribution is -2.36. The summed E-state index contributed by atoms with van der Waals surface area (Å²) < 4.78 is 0. The minimum absolute atomic E-state index is 0.00118. The van der Waals surface area contributed by atoms with Gasteiger partial charge in [-0.1, -0.05) is 30.3 Å². The van der Waals surface area contributed by atoms with Crippen LogP contribution in [-0.4, -0.2) is 28.0 Å². The molecule has 0 saturated carbocycles. The first-order chi connectivity index (χ1) is 10.1. The first-order valence-electron chi connectivity index (χ1n) is 7.03. The number of rotatable bonds is 6. The quantitative estimate of drug-likeness (QED) is 0.615. The van der Waals surface area contributed by atoms with E-state index in [1.165, 1.54) is 18.2 Å². The van der Waals surface area contributed by atoms with Gasteiger partial charge in [0.1, 0.15) is 11.5 Å². The average Bonchev–Trinajstić information content (AvgIpc) is 2.50. The molecule has 21 heavy (non-hydrogen) atoms. The van der Waals surface area contributed by atoms with Gasteiger partial charge in [-0.15, -0.1) is 0 Å². The SMILES string of the molecule is CC(N[C@H](CO)Cc1ccccc1)c1cc(O)ccc1O. The molecule has 0 bridgehead atoms. The van der Waals surface area contributed by atoms with Crippen LogP contribution in [-0.2, 0) is 6.42 Å². The minimum atomic E-state index is -0.182. The van der Waals surface area contributed by atoms with Crippen molar-refractivity contribution in [3.63, 3.8) is 0 Å². The molecular formula is C17H21NO3.